The highest BCUT2D eigenvalue weighted by Gasteiger charge is 2.14. The van der Waals surface area contributed by atoms with Gasteiger partial charge in [-0.25, -0.2) is 0 Å². The average molecular weight is 401 g/mol. The molecule has 0 unspecified atom stereocenters. The lowest BCUT2D eigenvalue weighted by Crippen LogP contribution is -2.16. The van der Waals surface area contributed by atoms with Gasteiger partial charge in [0.25, 0.3) is 5.91 Å². The van der Waals surface area contributed by atoms with E-state index in [-0.39, 0.29) is 5.91 Å². The second-order valence-electron chi connectivity index (χ2n) is 5.58. The van der Waals surface area contributed by atoms with Gasteiger partial charge in [-0.2, -0.15) is 4.99 Å². The number of thioether (sulfide) groups is 1. The summed E-state index contributed by atoms with van der Waals surface area (Å²) in [5.74, 6) is 1.01. The van der Waals surface area contributed by atoms with Crippen LogP contribution in [0.4, 0.5) is 0 Å². The molecule has 1 heterocycles. The topological polar surface area (TPSA) is 52.8 Å². The first-order valence-electron chi connectivity index (χ1n) is 8.21. The number of allylic oxidation sites excluding steroid dienone is 1. The number of rotatable bonds is 6. The second-order valence-corrected chi connectivity index (χ2v) is 7.43. The van der Waals surface area contributed by atoms with Crippen LogP contribution in [0.15, 0.2) is 58.9 Å². The van der Waals surface area contributed by atoms with Crippen molar-refractivity contribution in [2.24, 2.45) is 4.99 Å². The standard InChI is InChI=1S/C20H20N2O3S2/c1-5-10-22-14-11-15(24-2)16(25-3)12-18(14)27-20(22)21-19(23)13-8-6-7-9-17(13)26-4/h5-9,11-12H,1,10H2,2-4H3. The van der Waals surface area contributed by atoms with Crippen LogP contribution in [0.2, 0.25) is 0 Å². The molecular weight excluding hydrogens is 380 g/mol. The number of hydrogen-bond donors (Lipinski definition) is 0. The van der Waals surface area contributed by atoms with Gasteiger partial charge in [0, 0.05) is 23.6 Å². The van der Waals surface area contributed by atoms with Crippen LogP contribution in [0, 0.1) is 0 Å². The van der Waals surface area contributed by atoms with Crippen molar-refractivity contribution in [3.05, 3.63) is 59.4 Å². The summed E-state index contributed by atoms with van der Waals surface area (Å²) in [5, 5.41) is 0. The molecule has 0 N–H and O–H groups in total. The minimum atomic E-state index is -0.261. The Morgan fingerprint density at radius 2 is 1.96 bits per heavy atom. The number of amides is 1. The van der Waals surface area contributed by atoms with Crippen LogP contribution in [-0.4, -0.2) is 30.9 Å². The molecule has 3 rings (SSSR count). The molecule has 1 aromatic heterocycles. The van der Waals surface area contributed by atoms with Crippen LogP contribution in [0.25, 0.3) is 10.2 Å². The Morgan fingerprint density at radius 1 is 1.26 bits per heavy atom. The predicted molar refractivity (Wildman–Crippen MR) is 111 cm³/mol. The van der Waals surface area contributed by atoms with E-state index in [2.05, 4.69) is 11.6 Å². The van der Waals surface area contributed by atoms with Crippen LogP contribution in [0.1, 0.15) is 10.4 Å². The molecule has 5 nitrogen and oxygen atoms in total. The first kappa shape index (κ1) is 19.3. The van der Waals surface area contributed by atoms with Gasteiger partial charge in [0.2, 0.25) is 0 Å². The Bertz CT molecular complexity index is 1070. The van der Waals surface area contributed by atoms with E-state index in [1.807, 2.05) is 41.2 Å². The van der Waals surface area contributed by atoms with E-state index < -0.39 is 0 Å². The monoisotopic (exact) mass is 400 g/mol. The number of carbonyl (C=O) groups excluding carboxylic acids is 1. The molecule has 0 fully saturated rings. The van der Waals surface area contributed by atoms with Crippen molar-refractivity contribution in [3.63, 3.8) is 0 Å². The Morgan fingerprint density at radius 3 is 2.63 bits per heavy atom. The number of aromatic nitrogens is 1. The van der Waals surface area contributed by atoms with E-state index in [0.29, 0.717) is 28.4 Å². The summed E-state index contributed by atoms with van der Waals surface area (Å²) < 4.78 is 13.7. The van der Waals surface area contributed by atoms with Gasteiger partial charge >= 0.3 is 0 Å². The van der Waals surface area contributed by atoms with Crippen molar-refractivity contribution in [3.8, 4) is 11.5 Å². The molecule has 7 heteroatoms. The Hall–Kier alpha value is -2.51. The molecule has 1 amide bonds. The Balaban J connectivity index is 2.20. The number of fused-ring (bicyclic) bond motifs is 1. The van der Waals surface area contributed by atoms with E-state index >= 15 is 0 Å². The fraction of sp³-hybridized carbons (Fsp3) is 0.200. The fourth-order valence-corrected chi connectivity index (χ4v) is 4.39. The first-order valence-corrected chi connectivity index (χ1v) is 10.2. The third-order valence-corrected chi connectivity index (χ3v) is 5.87. The average Bonchev–Trinajstić information content (AvgIpc) is 3.03. The van der Waals surface area contributed by atoms with Crippen molar-refractivity contribution in [2.75, 3.05) is 20.5 Å². The van der Waals surface area contributed by atoms with E-state index in [1.165, 1.54) is 23.1 Å². The molecule has 0 saturated heterocycles. The van der Waals surface area contributed by atoms with Crippen LogP contribution in [-0.2, 0) is 6.54 Å². The summed E-state index contributed by atoms with van der Waals surface area (Å²) in [6.07, 6.45) is 3.73. The summed E-state index contributed by atoms with van der Waals surface area (Å²) in [7, 11) is 3.20. The smallest absolute Gasteiger partial charge is 0.280 e. The van der Waals surface area contributed by atoms with Crippen molar-refractivity contribution >= 4 is 39.2 Å². The molecule has 0 radical (unpaired) electrons. The highest BCUT2D eigenvalue weighted by atomic mass is 32.2. The van der Waals surface area contributed by atoms with Gasteiger partial charge in [0.05, 0.1) is 30.0 Å². The Labute approximate surface area is 166 Å². The maximum Gasteiger partial charge on any atom is 0.280 e. The summed E-state index contributed by atoms with van der Waals surface area (Å²) in [6, 6.07) is 11.3. The normalized spacial score (nSPS) is 11.6. The fourth-order valence-electron chi connectivity index (χ4n) is 2.76. The van der Waals surface area contributed by atoms with Crippen molar-refractivity contribution in [1.29, 1.82) is 0 Å². The molecule has 0 aliphatic carbocycles. The summed E-state index contributed by atoms with van der Waals surface area (Å²) in [6.45, 7) is 4.36. The summed E-state index contributed by atoms with van der Waals surface area (Å²) in [5.41, 5.74) is 1.52. The number of nitrogens with zero attached hydrogens (tertiary/aromatic N) is 2. The third kappa shape index (κ3) is 3.79. The minimum Gasteiger partial charge on any atom is -0.493 e. The number of methoxy groups -OCH3 is 2. The highest BCUT2D eigenvalue weighted by molar-refractivity contribution is 7.98. The van der Waals surface area contributed by atoms with Gasteiger partial charge in [-0.05, 0) is 18.4 Å². The largest absolute Gasteiger partial charge is 0.493 e. The van der Waals surface area contributed by atoms with Crippen molar-refractivity contribution in [1.82, 2.24) is 4.57 Å². The molecule has 0 saturated carbocycles. The predicted octanol–water partition coefficient (Wildman–Crippen LogP) is 4.37. The molecule has 140 valence electrons. The SMILES string of the molecule is C=CCn1c(=NC(=O)c2ccccc2SC)sc2cc(OC)c(OC)cc21. The lowest BCUT2D eigenvalue weighted by molar-refractivity contribution is 0.0995. The van der Waals surface area contributed by atoms with Gasteiger partial charge in [0.15, 0.2) is 16.3 Å². The van der Waals surface area contributed by atoms with Crippen molar-refractivity contribution in [2.45, 2.75) is 11.4 Å². The minimum absolute atomic E-state index is 0.261. The first-order chi connectivity index (χ1) is 13.1. The molecular formula is C20H20N2O3S2. The van der Waals surface area contributed by atoms with E-state index in [0.717, 1.165) is 15.1 Å². The van der Waals surface area contributed by atoms with Crippen LogP contribution in [0.5, 0.6) is 11.5 Å². The number of benzene rings is 2. The van der Waals surface area contributed by atoms with E-state index in [1.54, 1.807) is 26.4 Å². The quantitative estimate of drug-likeness (QED) is 0.455. The van der Waals surface area contributed by atoms with E-state index in [4.69, 9.17) is 9.47 Å². The zero-order chi connectivity index (χ0) is 19.4. The van der Waals surface area contributed by atoms with Gasteiger partial charge in [-0.1, -0.05) is 29.5 Å². The molecule has 0 spiro atoms. The maximum absolute atomic E-state index is 12.8. The van der Waals surface area contributed by atoms with Crippen LogP contribution >= 0.6 is 23.1 Å². The maximum atomic E-state index is 12.8. The number of carbonyl (C=O) groups is 1. The third-order valence-electron chi connectivity index (χ3n) is 4.03. The molecule has 2 aromatic carbocycles. The molecule has 27 heavy (non-hydrogen) atoms. The molecule has 0 aliphatic heterocycles. The van der Waals surface area contributed by atoms with Crippen LogP contribution < -0.4 is 14.3 Å². The molecule has 0 bridgehead atoms. The van der Waals surface area contributed by atoms with Crippen molar-refractivity contribution < 1.29 is 14.3 Å². The lowest BCUT2D eigenvalue weighted by Gasteiger charge is -2.08. The highest BCUT2D eigenvalue weighted by Crippen LogP contribution is 2.33. The number of ether oxygens (including phenoxy) is 2. The van der Waals surface area contributed by atoms with Crippen LogP contribution in [0.3, 0.4) is 0 Å². The van der Waals surface area contributed by atoms with E-state index in [9.17, 15) is 4.79 Å². The Kier molecular flexibility index (Phi) is 6.03. The molecule has 3 aromatic rings. The van der Waals surface area contributed by atoms with Gasteiger partial charge in [-0.3, -0.25) is 4.79 Å². The summed E-state index contributed by atoms with van der Waals surface area (Å²) >= 11 is 2.96. The van der Waals surface area contributed by atoms with Gasteiger partial charge in [0.1, 0.15) is 0 Å². The molecule has 0 aliphatic rings. The number of hydrogen-bond acceptors (Lipinski definition) is 5. The van der Waals surface area contributed by atoms with Gasteiger partial charge < -0.3 is 14.0 Å². The second kappa shape index (κ2) is 8.45. The zero-order valence-corrected chi connectivity index (χ0v) is 17.0. The lowest BCUT2D eigenvalue weighted by atomic mass is 10.2. The zero-order valence-electron chi connectivity index (χ0n) is 15.4. The number of thiazole rings is 1. The molecule has 0 atom stereocenters. The summed E-state index contributed by atoms with van der Waals surface area (Å²) in [4.78, 5) is 18.7. The van der Waals surface area contributed by atoms with Gasteiger partial charge in [-0.15, -0.1) is 18.3 Å².